The van der Waals surface area contributed by atoms with E-state index < -0.39 is 17.6 Å². The van der Waals surface area contributed by atoms with E-state index in [-0.39, 0.29) is 16.4 Å². The topological polar surface area (TPSA) is 50.2 Å². The van der Waals surface area contributed by atoms with Gasteiger partial charge in [-0.2, -0.15) is 0 Å². The van der Waals surface area contributed by atoms with Gasteiger partial charge in [0.2, 0.25) is 0 Å². The van der Waals surface area contributed by atoms with E-state index in [1.807, 2.05) is 0 Å². The molecule has 1 N–H and O–H groups in total. The second-order valence-electron chi connectivity index (χ2n) is 3.47. The third kappa shape index (κ3) is 2.31. The van der Waals surface area contributed by atoms with E-state index in [1.165, 1.54) is 18.2 Å². The molecular weight excluding hydrogens is 264 g/mol. The number of carboxylic acids is 1. The monoisotopic (exact) mass is 269 g/mol. The van der Waals surface area contributed by atoms with Crippen molar-refractivity contribution >= 4 is 17.6 Å². The number of hydrogen-bond donors (Lipinski definition) is 1. The van der Waals surface area contributed by atoms with Gasteiger partial charge in [0.25, 0.3) is 0 Å². The van der Waals surface area contributed by atoms with Gasteiger partial charge in [0.15, 0.2) is 11.6 Å². The highest BCUT2D eigenvalue weighted by Gasteiger charge is 2.12. The molecule has 0 bridgehead atoms. The van der Waals surface area contributed by atoms with Crippen LogP contribution in [0.25, 0.3) is 11.3 Å². The Kier molecular flexibility index (Phi) is 3.25. The van der Waals surface area contributed by atoms with Crippen LogP contribution in [0.4, 0.5) is 8.78 Å². The molecule has 0 aliphatic rings. The van der Waals surface area contributed by atoms with Crippen molar-refractivity contribution in [2.75, 3.05) is 0 Å². The molecule has 0 saturated heterocycles. The average molecular weight is 270 g/mol. The lowest BCUT2D eigenvalue weighted by molar-refractivity contribution is 0.0696. The summed E-state index contributed by atoms with van der Waals surface area (Å²) in [6, 6.07) is 5.90. The van der Waals surface area contributed by atoms with Crippen LogP contribution in [0.5, 0.6) is 0 Å². The predicted octanol–water partition coefficient (Wildman–Crippen LogP) is 3.38. The highest BCUT2D eigenvalue weighted by Crippen LogP contribution is 2.23. The van der Waals surface area contributed by atoms with Crippen molar-refractivity contribution in [3.63, 3.8) is 0 Å². The molecule has 1 aromatic carbocycles. The van der Waals surface area contributed by atoms with E-state index >= 15 is 0 Å². The highest BCUT2D eigenvalue weighted by atomic mass is 35.5. The second kappa shape index (κ2) is 4.70. The van der Waals surface area contributed by atoms with Crippen LogP contribution >= 0.6 is 11.6 Å². The fourth-order valence-corrected chi connectivity index (χ4v) is 1.64. The molecule has 0 amide bonds. The number of hydrogen-bond acceptors (Lipinski definition) is 2. The first kappa shape index (κ1) is 12.4. The Labute approximate surface area is 106 Å². The first-order chi connectivity index (χ1) is 8.49. The molecule has 0 radical (unpaired) electrons. The molecular formula is C12H6ClF2NO2. The lowest BCUT2D eigenvalue weighted by atomic mass is 10.1. The van der Waals surface area contributed by atoms with Gasteiger partial charge in [0.05, 0.1) is 11.3 Å². The number of halogens is 3. The van der Waals surface area contributed by atoms with Gasteiger partial charge in [-0.05, 0) is 30.3 Å². The molecule has 0 spiro atoms. The molecule has 0 atom stereocenters. The predicted molar refractivity (Wildman–Crippen MR) is 61.6 cm³/mol. The summed E-state index contributed by atoms with van der Waals surface area (Å²) in [6.45, 7) is 0. The van der Waals surface area contributed by atoms with Gasteiger partial charge < -0.3 is 5.11 Å². The summed E-state index contributed by atoms with van der Waals surface area (Å²) in [6.07, 6.45) is 0. The summed E-state index contributed by atoms with van der Waals surface area (Å²) in [4.78, 5) is 14.6. The molecule has 0 fully saturated rings. The van der Waals surface area contributed by atoms with E-state index in [1.54, 1.807) is 0 Å². The number of carboxylic acid groups (broad SMARTS) is 1. The van der Waals surface area contributed by atoms with Crippen molar-refractivity contribution < 1.29 is 18.7 Å². The van der Waals surface area contributed by atoms with Crippen LogP contribution in [-0.2, 0) is 0 Å². The van der Waals surface area contributed by atoms with Crippen molar-refractivity contribution in [3.05, 3.63) is 52.7 Å². The number of rotatable bonds is 2. The lowest BCUT2D eigenvalue weighted by Crippen LogP contribution is -1.99. The Morgan fingerprint density at radius 2 is 1.89 bits per heavy atom. The molecule has 2 aromatic rings. The first-order valence-corrected chi connectivity index (χ1v) is 5.22. The van der Waals surface area contributed by atoms with E-state index in [2.05, 4.69) is 4.98 Å². The van der Waals surface area contributed by atoms with Gasteiger partial charge in [0.1, 0.15) is 5.15 Å². The van der Waals surface area contributed by atoms with E-state index in [9.17, 15) is 13.6 Å². The lowest BCUT2D eigenvalue weighted by Gasteiger charge is -2.04. The van der Waals surface area contributed by atoms with E-state index in [4.69, 9.17) is 16.7 Å². The quantitative estimate of drug-likeness (QED) is 0.850. The maximum atomic E-state index is 13.0. The molecule has 0 aliphatic carbocycles. The highest BCUT2D eigenvalue weighted by molar-refractivity contribution is 6.32. The Bertz CT molecular complexity index is 631. The smallest absolute Gasteiger partial charge is 0.338 e. The van der Waals surface area contributed by atoms with Crippen LogP contribution in [0.3, 0.4) is 0 Å². The zero-order chi connectivity index (χ0) is 13.3. The minimum absolute atomic E-state index is 0.150. The molecule has 0 aliphatic heterocycles. The van der Waals surface area contributed by atoms with Gasteiger partial charge in [-0.15, -0.1) is 0 Å². The fraction of sp³-hybridized carbons (Fsp3) is 0. The van der Waals surface area contributed by atoms with Gasteiger partial charge in [-0.25, -0.2) is 18.6 Å². The van der Waals surface area contributed by atoms with Crippen LogP contribution in [0, 0.1) is 11.6 Å². The second-order valence-corrected chi connectivity index (χ2v) is 3.83. The largest absolute Gasteiger partial charge is 0.478 e. The summed E-state index contributed by atoms with van der Waals surface area (Å²) >= 11 is 5.69. The van der Waals surface area contributed by atoms with Crippen molar-refractivity contribution in [2.24, 2.45) is 0 Å². The maximum absolute atomic E-state index is 13.0. The van der Waals surface area contributed by atoms with Crippen LogP contribution in [0.1, 0.15) is 10.4 Å². The van der Waals surface area contributed by atoms with Crippen molar-refractivity contribution in [2.45, 2.75) is 0 Å². The molecule has 2 rings (SSSR count). The molecule has 1 aromatic heterocycles. The molecule has 92 valence electrons. The Balaban J connectivity index is 2.48. The Morgan fingerprint density at radius 1 is 1.17 bits per heavy atom. The third-order valence-corrected chi connectivity index (χ3v) is 2.58. The van der Waals surface area contributed by atoms with Crippen molar-refractivity contribution in [3.8, 4) is 11.3 Å². The van der Waals surface area contributed by atoms with Crippen molar-refractivity contribution in [1.82, 2.24) is 4.98 Å². The van der Waals surface area contributed by atoms with E-state index in [0.717, 1.165) is 12.1 Å². The summed E-state index contributed by atoms with van der Waals surface area (Å²) in [7, 11) is 0. The minimum atomic E-state index is -1.20. The van der Waals surface area contributed by atoms with Crippen LogP contribution in [-0.4, -0.2) is 16.1 Å². The number of pyridine rings is 1. The average Bonchev–Trinajstić information content (AvgIpc) is 2.32. The zero-order valence-electron chi connectivity index (χ0n) is 8.82. The van der Waals surface area contributed by atoms with Gasteiger partial charge >= 0.3 is 5.97 Å². The number of nitrogens with zero attached hydrogens (tertiary/aromatic N) is 1. The molecule has 1 heterocycles. The summed E-state index contributed by atoms with van der Waals surface area (Å²) in [5.74, 6) is -3.18. The van der Waals surface area contributed by atoms with Crippen molar-refractivity contribution in [1.29, 1.82) is 0 Å². The Hall–Kier alpha value is -2.01. The standard InChI is InChI=1S/C12H6ClF2NO2/c13-11-7(12(17)18)2-4-10(16-11)6-1-3-8(14)9(15)5-6/h1-5H,(H,17,18). The van der Waals surface area contributed by atoms with Crippen LogP contribution in [0.2, 0.25) is 5.15 Å². The zero-order valence-corrected chi connectivity index (χ0v) is 9.58. The summed E-state index contributed by atoms with van der Waals surface area (Å²) < 4.78 is 25.8. The fourth-order valence-electron chi connectivity index (χ4n) is 1.41. The number of carbonyl (C=O) groups is 1. The summed E-state index contributed by atoms with van der Waals surface area (Å²) in [5, 5.41) is 8.57. The third-order valence-electron chi connectivity index (χ3n) is 2.29. The molecule has 3 nitrogen and oxygen atoms in total. The number of aromatic nitrogens is 1. The van der Waals surface area contributed by atoms with Gasteiger partial charge in [-0.1, -0.05) is 11.6 Å². The minimum Gasteiger partial charge on any atom is -0.478 e. The molecule has 6 heteroatoms. The van der Waals surface area contributed by atoms with Crippen LogP contribution in [0.15, 0.2) is 30.3 Å². The van der Waals surface area contributed by atoms with Gasteiger partial charge in [0, 0.05) is 5.56 Å². The normalized spacial score (nSPS) is 10.4. The Morgan fingerprint density at radius 3 is 2.44 bits per heavy atom. The molecule has 0 saturated carbocycles. The molecule has 18 heavy (non-hydrogen) atoms. The summed E-state index contributed by atoms with van der Waals surface area (Å²) in [5.41, 5.74) is 0.430. The van der Waals surface area contributed by atoms with E-state index in [0.29, 0.717) is 5.56 Å². The first-order valence-electron chi connectivity index (χ1n) is 4.84. The maximum Gasteiger partial charge on any atom is 0.338 e. The van der Waals surface area contributed by atoms with Crippen LogP contribution < -0.4 is 0 Å². The number of aromatic carboxylic acids is 1. The molecule has 0 unspecified atom stereocenters. The SMILES string of the molecule is O=C(O)c1ccc(-c2ccc(F)c(F)c2)nc1Cl. The van der Waals surface area contributed by atoms with Gasteiger partial charge in [-0.3, -0.25) is 0 Å². The number of benzene rings is 1.